The Hall–Kier alpha value is -0.580. The number of aryl methyl sites for hydroxylation is 3. The Kier molecular flexibility index (Phi) is 4.54. The standard InChI is InChI=1S/C15H20BrNOS/c1-6-17-15(12-7-13(16)19-11(12)5)14-8(2)9(3)18-10(14)4/h7,15,17H,6H2,1-5H3. The van der Waals surface area contributed by atoms with Gasteiger partial charge in [0.15, 0.2) is 0 Å². The minimum Gasteiger partial charge on any atom is -0.466 e. The Morgan fingerprint density at radius 2 is 1.95 bits per heavy atom. The molecule has 2 nitrogen and oxygen atoms in total. The maximum absolute atomic E-state index is 5.79. The number of halogens is 1. The van der Waals surface area contributed by atoms with Gasteiger partial charge in [0.2, 0.25) is 0 Å². The van der Waals surface area contributed by atoms with Crippen molar-refractivity contribution < 1.29 is 4.42 Å². The average molecular weight is 342 g/mol. The molecule has 0 fully saturated rings. The van der Waals surface area contributed by atoms with E-state index in [4.69, 9.17) is 4.42 Å². The highest BCUT2D eigenvalue weighted by Gasteiger charge is 2.24. The maximum Gasteiger partial charge on any atom is 0.106 e. The molecular weight excluding hydrogens is 322 g/mol. The van der Waals surface area contributed by atoms with Gasteiger partial charge in [-0.1, -0.05) is 6.92 Å². The van der Waals surface area contributed by atoms with E-state index in [0.717, 1.165) is 18.1 Å². The molecule has 0 spiro atoms. The van der Waals surface area contributed by atoms with Crippen molar-refractivity contribution in [2.75, 3.05) is 6.54 Å². The van der Waals surface area contributed by atoms with Crippen molar-refractivity contribution in [2.24, 2.45) is 0 Å². The summed E-state index contributed by atoms with van der Waals surface area (Å²) in [5.41, 5.74) is 3.88. The van der Waals surface area contributed by atoms with Crippen molar-refractivity contribution in [1.82, 2.24) is 5.32 Å². The van der Waals surface area contributed by atoms with Crippen LogP contribution in [-0.2, 0) is 0 Å². The molecule has 2 heterocycles. The fourth-order valence-electron chi connectivity index (χ4n) is 2.55. The predicted molar refractivity (Wildman–Crippen MR) is 85.2 cm³/mol. The molecule has 2 rings (SSSR count). The first-order valence-electron chi connectivity index (χ1n) is 6.51. The minimum atomic E-state index is 0.213. The Bertz CT molecular complexity index is 585. The van der Waals surface area contributed by atoms with Crippen LogP contribution in [0.4, 0.5) is 0 Å². The molecule has 0 radical (unpaired) electrons. The van der Waals surface area contributed by atoms with E-state index >= 15 is 0 Å². The van der Waals surface area contributed by atoms with Gasteiger partial charge in [-0.15, -0.1) is 11.3 Å². The van der Waals surface area contributed by atoms with Gasteiger partial charge < -0.3 is 9.73 Å². The average Bonchev–Trinajstić information content (AvgIpc) is 2.78. The molecule has 0 aliphatic heterocycles. The Morgan fingerprint density at radius 1 is 1.26 bits per heavy atom. The zero-order valence-corrected chi connectivity index (χ0v) is 14.5. The molecule has 4 heteroatoms. The van der Waals surface area contributed by atoms with Crippen LogP contribution in [0.2, 0.25) is 0 Å². The van der Waals surface area contributed by atoms with Crippen molar-refractivity contribution >= 4 is 27.3 Å². The van der Waals surface area contributed by atoms with Gasteiger partial charge in [-0.05, 0) is 67.4 Å². The highest BCUT2D eigenvalue weighted by atomic mass is 79.9. The lowest BCUT2D eigenvalue weighted by molar-refractivity contribution is 0.494. The van der Waals surface area contributed by atoms with Crippen LogP contribution in [0.25, 0.3) is 0 Å². The fourth-order valence-corrected chi connectivity index (χ4v) is 4.30. The molecule has 1 unspecified atom stereocenters. The second-order valence-electron chi connectivity index (χ2n) is 4.81. The third kappa shape index (κ3) is 2.81. The maximum atomic E-state index is 5.79. The van der Waals surface area contributed by atoms with Gasteiger partial charge in [-0.2, -0.15) is 0 Å². The molecule has 2 aromatic heterocycles. The molecule has 1 atom stereocenters. The lowest BCUT2D eigenvalue weighted by Crippen LogP contribution is -2.23. The summed E-state index contributed by atoms with van der Waals surface area (Å²) in [5, 5.41) is 3.59. The van der Waals surface area contributed by atoms with E-state index in [-0.39, 0.29) is 6.04 Å². The van der Waals surface area contributed by atoms with Gasteiger partial charge in [-0.25, -0.2) is 0 Å². The van der Waals surface area contributed by atoms with Crippen LogP contribution in [0.1, 0.15) is 46.1 Å². The Labute approximate surface area is 127 Å². The summed E-state index contributed by atoms with van der Waals surface area (Å²) in [7, 11) is 0. The first kappa shape index (κ1) is 14.8. The fraction of sp³-hybridized carbons (Fsp3) is 0.467. The summed E-state index contributed by atoms with van der Waals surface area (Å²) in [6, 6.07) is 2.43. The summed E-state index contributed by atoms with van der Waals surface area (Å²) in [4.78, 5) is 1.34. The molecule has 19 heavy (non-hydrogen) atoms. The first-order valence-corrected chi connectivity index (χ1v) is 8.12. The summed E-state index contributed by atoms with van der Waals surface area (Å²) in [5.74, 6) is 2.03. The number of furan rings is 1. The third-order valence-electron chi connectivity index (χ3n) is 3.55. The lowest BCUT2D eigenvalue weighted by atomic mass is 9.96. The molecule has 0 saturated heterocycles. The van der Waals surface area contributed by atoms with Crippen LogP contribution in [0.5, 0.6) is 0 Å². The topological polar surface area (TPSA) is 25.2 Å². The number of thiophene rings is 1. The molecule has 1 N–H and O–H groups in total. The van der Waals surface area contributed by atoms with Crippen LogP contribution in [0.15, 0.2) is 14.3 Å². The molecule has 0 saturated carbocycles. The van der Waals surface area contributed by atoms with Crippen LogP contribution in [0, 0.1) is 27.7 Å². The molecule has 0 aliphatic rings. The number of hydrogen-bond acceptors (Lipinski definition) is 3. The molecule has 0 aliphatic carbocycles. The molecule has 2 aromatic rings. The summed E-state index contributed by atoms with van der Waals surface area (Å²) < 4.78 is 6.97. The van der Waals surface area contributed by atoms with Gasteiger partial charge in [0.05, 0.1) is 9.83 Å². The SMILES string of the molecule is CCNC(c1cc(Br)sc1C)c1c(C)oc(C)c1C. The largest absolute Gasteiger partial charge is 0.466 e. The predicted octanol–water partition coefficient (Wildman–Crippen LogP) is 5.04. The zero-order chi connectivity index (χ0) is 14.2. The molecule has 0 bridgehead atoms. The number of rotatable bonds is 4. The second-order valence-corrected chi connectivity index (χ2v) is 7.44. The van der Waals surface area contributed by atoms with E-state index in [1.54, 1.807) is 11.3 Å². The monoisotopic (exact) mass is 341 g/mol. The van der Waals surface area contributed by atoms with Crippen LogP contribution < -0.4 is 5.32 Å². The first-order chi connectivity index (χ1) is 8.95. The van der Waals surface area contributed by atoms with Crippen molar-refractivity contribution in [1.29, 1.82) is 0 Å². The van der Waals surface area contributed by atoms with Crippen LogP contribution >= 0.6 is 27.3 Å². The Morgan fingerprint density at radius 3 is 2.37 bits per heavy atom. The summed E-state index contributed by atoms with van der Waals surface area (Å²) in [6.45, 7) is 11.5. The van der Waals surface area contributed by atoms with Crippen molar-refractivity contribution in [3.8, 4) is 0 Å². The molecular formula is C15H20BrNOS. The minimum absolute atomic E-state index is 0.213. The van der Waals surface area contributed by atoms with Crippen molar-refractivity contribution in [3.05, 3.63) is 42.9 Å². The molecule has 104 valence electrons. The summed E-state index contributed by atoms with van der Waals surface area (Å²) in [6.07, 6.45) is 0. The third-order valence-corrected chi connectivity index (χ3v) is 5.12. The Balaban J connectivity index is 2.54. The zero-order valence-electron chi connectivity index (χ0n) is 12.1. The van der Waals surface area contributed by atoms with Crippen LogP contribution in [-0.4, -0.2) is 6.54 Å². The second kappa shape index (κ2) is 5.81. The van der Waals surface area contributed by atoms with Gasteiger partial charge in [0.1, 0.15) is 11.5 Å². The summed E-state index contributed by atoms with van der Waals surface area (Å²) >= 11 is 5.37. The van der Waals surface area contributed by atoms with Gasteiger partial charge in [0.25, 0.3) is 0 Å². The van der Waals surface area contributed by atoms with Gasteiger partial charge >= 0.3 is 0 Å². The smallest absolute Gasteiger partial charge is 0.106 e. The van der Waals surface area contributed by atoms with E-state index in [9.17, 15) is 0 Å². The molecule has 0 aromatic carbocycles. The number of hydrogen-bond donors (Lipinski definition) is 1. The van der Waals surface area contributed by atoms with E-state index in [1.807, 2.05) is 6.92 Å². The molecule has 0 amide bonds. The normalized spacial score (nSPS) is 12.9. The highest BCUT2D eigenvalue weighted by molar-refractivity contribution is 9.11. The van der Waals surface area contributed by atoms with E-state index in [2.05, 4.69) is 55.0 Å². The van der Waals surface area contributed by atoms with E-state index in [0.29, 0.717) is 0 Å². The van der Waals surface area contributed by atoms with Crippen LogP contribution in [0.3, 0.4) is 0 Å². The van der Waals surface area contributed by atoms with E-state index in [1.165, 1.54) is 25.4 Å². The highest BCUT2D eigenvalue weighted by Crippen LogP contribution is 2.37. The van der Waals surface area contributed by atoms with Crippen molar-refractivity contribution in [2.45, 2.75) is 40.7 Å². The lowest BCUT2D eigenvalue weighted by Gasteiger charge is -2.19. The van der Waals surface area contributed by atoms with Crippen molar-refractivity contribution in [3.63, 3.8) is 0 Å². The van der Waals surface area contributed by atoms with E-state index < -0.39 is 0 Å². The van der Waals surface area contributed by atoms with Gasteiger partial charge in [-0.3, -0.25) is 0 Å². The number of nitrogens with one attached hydrogen (secondary N) is 1. The quantitative estimate of drug-likeness (QED) is 0.842. The van der Waals surface area contributed by atoms with Gasteiger partial charge in [0, 0.05) is 10.4 Å².